The Bertz CT molecular complexity index is 1840. The molecule has 2 amide bonds. The Morgan fingerprint density at radius 3 is 2.22 bits per heavy atom. The lowest BCUT2D eigenvalue weighted by Gasteiger charge is -2.28. The van der Waals surface area contributed by atoms with Gasteiger partial charge in [0.15, 0.2) is 12.4 Å². The maximum atomic E-state index is 13.5. The van der Waals surface area contributed by atoms with Crippen LogP contribution in [0.25, 0.3) is 0 Å². The quantitative estimate of drug-likeness (QED) is 0.0847. The molecule has 46 heavy (non-hydrogen) atoms. The first-order valence-corrected chi connectivity index (χ1v) is 15.5. The lowest BCUT2D eigenvalue weighted by atomic mass is 9.73. The summed E-state index contributed by atoms with van der Waals surface area (Å²) in [5.74, 6) is -2.87. The number of anilines is 1. The van der Waals surface area contributed by atoms with Gasteiger partial charge in [-0.15, -0.1) is 0 Å². The summed E-state index contributed by atoms with van der Waals surface area (Å²) in [5, 5.41) is 0.523. The molecule has 6 rings (SSSR count). The molecule has 2 aliphatic rings. The first kappa shape index (κ1) is 31.2. The molecule has 4 aromatic carbocycles. The number of Topliss-reactive ketones (excluding diaryl/α,β-unsaturated/α-hetero) is 1. The topological polar surface area (TPSA) is 107 Å². The number of imide groups is 1. The van der Waals surface area contributed by atoms with Crippen molar-refractivity contribution in [2.45, 2.75) is 25.2 Å². The van der Waals surface area contributed by atoms with Gasteiger partial charge < -0.3 is 9.47 Å². The standard InChI is InChI=1S/C36H27Cl2NO7/c37-25-12-16-29(31(38)19-25)36(44)46-27-13-9-22(10-14-27)32(40)20-45-35(43)24-7-4-8-26(17-24)39-33(41)28-15-11-23(18-30(28)34(39)42)21-5-2-1-3-6-21/h1-10,12-14,16-17,19,23,28,30H,11,15,18,20H2/t23-,28-,30+/m0/s1. The van der Waals surface area contributed by atoms with Crippen molar-refractivity contribution in [2.24, 2.45) is 11.8 Å². The second kappa shape index (κ2) is 13.3. The molecule has 0 radical (unpaired) electrons. The molecule has 4 aromatic rings. The van der Waals surface area contributed by atoms with Crippen LogP contribution in [0.4, 0.5) is 5.69 Å². The van der Waals surface area contributed by atoms with Crippen molar-refractivity contribution in [3.63, 3.8) is 0 Å². The van der Waals surface area contributed by atoms with Crippen molar-refractivity contribution in [1.29, 1.82) is 0 Å². The van der Waals surface area contributed by atoms with E-state index in [1.807, 2.05) is 18.2 Å². The molecular formula is C36H27Cl2NO7. The summed E-state index contributed by atoms with van der Waals surface area (Å²) in [6.45, 7) is -0.546. The highest BCUT2D eigenvalue weighted by atomic mass is 35.5. The summed E-state index contributed by atoms with van der Waals surface area (Å²) in [6.07, 6.45) is 2.04. The van der Waals surface area contributed by atoms with Crippen LogP contribution in [0.2, 0.25) is 10.0 Å². The number of ketones is 1. The van der Waals surface area contributed by atoms with E-state index < -0.39 is 30.2 Å². The predicted octanol–water partition coefficient (Wildman–Crippen LogP) is 7.33. The number of amides is 2. The van der Waals surface area contributed by atoms with Gasteiger partial charge >= 0.3 is 11.9 Å². The molecular weight excluding hydrogens is 629 g/mol. The number of ether oxygens (including phenoxy) is 2. The van der Waals surface area contributed by atoms with Crippen LogP contribution in [0.3, 0.4) is 0 Å². The van der Waals surface area contributed by atoms with E-state index in [4.69, 9.17) is 32.7 Å². The lowest BCUT2D eigenvalue weighted by molar-refractivity contribution is -0.122. The largest absolute Gasteiger partial charge is 0.454 e. The number of esters is 2. The van der Waals surface area contributed by atoms with Gasteiger partial charge in [0.2, 0.25) is 11.8 Å². The molecule has 232 valence electrons. The highest BCUT2D eigenvalue weighted by Gasteiger charge is 2.50. The number of halogens is 2. The highest BCUT2D eigenvalue weighted by molar-refractivity contribution is 6.36. The van der Waals surface area contributed by atoms with Gasteiger partial charge in [-0.3, -0.25) is 19.3 Å². The van der Waals surface area contributed by atoms with E-state index in [2.05, 4.69) is 12.1 Å². The van der Waals surface area contributed by atoms with Crippen molar-refractivity contribution in [2.75, 3.05) is 11.5 Å². The normalized spacial score (nSPS) is 19.0. The highest BCUT2D eigenvalue weighted by Crippen LogP contribution is 2.45. The fraction of sp³-hybridized carbons (Fsp3) is 0.194. The van der Waals surface area contributed by atoms with Crippen LogP contribution in [-0.2, 0) is 14.3 Å². The van der Waals surface area contributed by atoms with E-state index in [-0.39, 0.29) is 51.1 Å². The van der Waals surface area contributed by atoms with Crippen LogP contribution in [0, 0.1) is 11.8 Å². The number of hydrogen-bond acceptors (Lipinski definition) is 7. The number of fused-ring (bicyclic) bond motifs is 1. The van der Waals surface area contributed by atoms with Crippen LogP contribution in [0.5, 0.6) is 5.75 Å². The van der Waals surface area contributed by atoms with Gasteiger partial charge in [-0.1, -0.05) is 59.6 Å². The van der Waals surface area contributed by atoms with Crippen molar-refractivity contribution < 1.29 is 33.4 Å². The molecule has 1 heterocycles. The molecule has 3 atom stereocenters. The minimum absolute atomic E-state index is 0.103. The summed E-state index contributed by atoms with van der Waals surface area (Å²) < 4.78 is 10.6. The average Bonchev–Trinajstić information content (AvgIpc) is 3.32. The molecule has 1 aliphatic heterocycles. The van der Waals surface area contributed by atoms with Gasteiger partial charge in [-0.05, 0) is 91.4 Å². The van der Waals surface area contributed by atoms with Crippen molar-refractivity contribution in [1.82, 2.24) is 0 Å². The molecule has 1 aliphatic carbocycles. The summed E-state index contributed by atoms with van der Waals surface area (Å²) in [6, 6.07) is 26.3. The molecule has 2 fully saturated rings. The van der Waals surface area contributed by atoms with E-state index in [0.717, 1.165) is 12.0 Å². The van der Waals surface area contributed by atoms with Gasteiger partial charge in [-0.2, -0.15) is 0 Å². The number of benzene rings is 4. The zero-order valence-electron chi connectivity index (χ0n) is 24.4. The molecule has 0 spiro atoms. The van der Waals surface area contributed by atoms with Gasteiger partial charge in [-0.25, -0.2) is 9.59 Å². The van der Waals surface area contributed by atoms with Crippen LogP contribution in [-0.4, -0.2) is 36.1 Å². The van der Waals surface area contributed by atoms with Crippen LogP contribution in [0.1, 0.15) is 61.8 Å². The van der Waals surface area contributed by atoms with E-state index in [1.54, 1.807) is 12.1 Å². The van der Waals surface area contributed by atoms with E-state index >= 15 is 0 Å². The minimum atomic E-state index is -0.777. The molecule has 8 nitrogen and oxygen atoms in total. The Balaban J connectivity index is 1.06. The first-order chi connectivity index (χ1) is 22.2. The van der Waals surface area contributed by atoms with E-state index in [0.29, 0.717) is 23.6 Å². The molecule has 0 aromatic heterocycles. The van der Waals surface area contributed by atoms with E-state index in [1.165, 1.54) is 59.5 Å². The third-order valence-corrected chi connectivity index (χ3v) is 8.96. The van der Waals surface area contributed by atoms with Gasteiger partial charge in [0, 0.05) is 10.6 Å². The summed E-state index contributed by atoms with van der Waals surface area (Å²) in [7, 11) is 0. The summed E-state index contributed by atoms with van der Waals surface area (Å²) in [4.78, 5) is 66.0. The van der Waals surface area contributed by atoms with Crippen LogP contribution in [0.15, 0.2) is 97.1 Å². The molecule has 0 bridgehead atoms. The smallest absolute Gasteiger partial charge is 0.345 e. The van der Waals surface area contributed by atoms with Crippen molar-refractivity contribution in [3.05, 3.63) is 129 Å². The zero-order valence-corrected chi connectivity index (χ0v) is 25.9. The molecule has 10 heteroatoms. The monoisotopic (exact) mass is 655 g/mol. The Labute approximate surface area is 274 Å². The maximum Gasteiger partial charge on any atom is 0.345 e. The van der Waals surface area contributed by atoms with Gasteiger partial charge in [0.25, 0.3) is 0 Å². The SMILES string of the molecule is O=C(COC(=O)c1cccc(N2C(=O)[C@H]3CC[C@H](c4ccccc4)C[C@H]3C2=O)c1)c1ccc(OC(=O)c2ccc(Cl)cc2Cl)cc1. The number of nitrogens with zero attached hydrogens (tertiary/aromatic N) is 1. The van der Waals surface area contributed by atoms with Crippen LogP contribution >= 0.6 is 23.2 Å². The maximum absolute atomic E-state index is 13.5. The number of rotatable bonds is 8. The Morgan fingerprint density at radius 1 is 0.739 bits per heavy atom. The number of hydrogen-bond donors (Lipinski definition) is 0. The minimum Gasteiger partial charge on any atom is -0.454 e. The molecule has 0 N–H and O–H groups in total. The summed E-state index contributed by atoms with van der Waals surface area (Å²) >= 11 is 11.9. The third-order valence-electron chi connectivity index (χ3n) is 8.41. The van der Waals surface area contributed by atoms with Crippen molar-refractivity contribution >= 4 is 58.4 Å². The fourth-order valence-electron chi connectivity index (χ4n) is 6.06. The molecule has 0 unspecified atom stereocenters. The first-order valence-electron chi connectivity index (χ1n) is 14.7. The number of carbonyl (C=O) groups excluding carboxylic acids is 5. The van der Waals surface area contributed by atoms with Crippen molar-refractivity contribution in [3.8, 4) is 5.75 Å². The lowest BCUT2D eigenvalue weighted by Crippen LogP contribution is -2.31. The molecule has 1 saturated carbocycles. The third kappa shape index (κ3) is 6.45. The van der Waals surface area contributed by atoms with Gasteiger partial charge in [0.05, 0.1) is 33.7 Å². The van der Waals surface area contributed by atoms with E-state index in [9.17, 15) is 24.0 Å². The Kier molecular flexibility index (Phi) is 9.01. The fourth-order valence-corrected chi connectivity index (χ4v) is 6.54. The summed E-state index contributed by atoms with van der Waals surface area (Å²) in [5.41, 5.74) is 1.93. The predicted molar refractivity (Wildman–Crippen MR) is 171 cm³/mol. The Morgan fingerprint density at radius 2 is 1.48 bits per heavy atom. The zero-order chi connectivity index (χ0) is 32.4. The average molecular weight is 657 g/mol. The Hall–Kier alpha value is -4.79. The number of carbonyl (C=O) groups is 5. The second-order valence-electron chi connectivity index (χ2n) is 11.2. The van der Waals surface area contributed by atoms with Gasteiger partial charge in [0.1, 0.15) is 5.75 Å². The van der Waals surface area contributed by atoms with Crippen LogP contribution < -0.4 is 9.64 Å². The molecule has 1 saturated heterocycles. The second-order valence-corrected chi connectivity index (χ2v) is 12.1.